The number of carbonyl (C=O) groups is 2. The summed E-state index contributed by atoms with van der Waals surface area (Å²) in [6.45, 7) is 7.45. The monoisotopic (exact) mass is 184 g/mol. The van der Waals surface area contributed by atoms with Gasteiger partial charge in [0.25, 0.3) is 0 Å². The fraction of sp³-hybridized carbons (Fsp3) is 0. The number of hydrogen-bond donors (Lipinski definition) is 0. The lowest BCUT2D eigenvalue weighted by Gasteiger charge is -2.18. The van der Waals surface area contributed by atoms with Gasteiger partial charge in [0.2, 0.25) is 0 Å². The van der Waals surface area contributed by atoms with Crippen LogP contribution in [0.4, 0.5) is 0 Å². The minimum atomic E-state index is -0.171. The van der Waals surface area contributed by atoms with E-state index in [2.05, 4.69) is 13.2 Å². The molecule has 0 amide bonds. The lowest BCUT2D eigenvalue weighted by atomic mass is 9.83. The van der Waals surface area contributed by atoms with E-state index in [-0.39, 0.29) is 11.6 Å². The summed E-state index contributed by atoms with van der Waals surface area (Å²) < 4.78 is 0. The molecule has 2 aliphatic carbocycles. The molecule has 0 radical (unpaired) electrons. The highest BCUT2D eigenvalue weighted by atomic mass is 16.1. The van der Waals surface area contributed by atoms with Gasteiger partial charge in [0.15, 0.2) is 11.6 Å². The van der Waals surface area contributed by atoms with Gasteiger partial charge in [0, 0.05) is 11.1 Å². The summed E-state index contributed by atoms with van der Waals surface area (Å²) in [6.07, 6.45) is 5.95. The fourth-order valence-corrected chi connectivity index (χ4v) is 1.57. The Bertz CT molecular complexity index is 387. The highest BCUT2D eigenvalue weighted by Crippen LogP contribution is 2.30. The predicted octanol–water partition coefficient (Wildman–Crippen LogP) is 1.67. The second-order valence-electron chi connectivity index (χ2n) is 3.20. The average molecular weight is 184 g/mol. The molecule has 0 spiro atoms. The summed E-state index contributed by atoms with van der Waals surface area (Å²) in [5, 5.41) is 0. The van der Waals surface area contributed by atoms with Crippen molar-refractivity contribution in [3.05, 3.63) is 59.8 Å². The van der Waals surface area contributed by atoms with Gasteiger partial charge < -0.3 is 0 Å². The van der Waals surface area contributed by atoms with Crippen molar-refractivity contribution in [1.82, 2.24) is 0 Å². The number of allylic oxidation sites excluding steroid dienone is 8. The van der Waals surface area contributed by atoms with E-state index < -0.39 is 0 Å². The summed E-state index contributed by atoms with van der Waals surface area (Å²) in [5.41, 5.74) is 1.94. The minimum absolute atomic E-state index is 0.171. The standard InChI is InChI=1S/C12H8O2/c1-7-3-5-10(14)12-8(2)4-6-9(13)11(7)12/h3-6H,1-2H2. The molecule has 2 aliphatic rings. The van der Waals surface area contributed by atoms with Gasteiger partial charge in [-0.15, -0.1) is 0 Å². The van der Waals surface area contributed by atoms with E-state index in [0.29, 0.717) is 22.3 Å². The van der Waals surface area contributed by atoms with Crippen molar-refractivity contribution >= 4 is 11.6 Å². The number of carbonyl (C=O) groups excluding carboxylic acids is 2. The van der Waals surface area contributed by atoms with Crippen molar-refractivity contribution in [1.29, 1.82) is 0 Å². The van der Waals surface area contributed by atoms with Crippen LogP contribution in [-0.2, 0) is 9.59 Å². The first-order chi connectivity index (χ1) is 6.61. The third-order valence-corrected chi connectivity index (χ3v) is 2.26. The Morgan fingerprint density at radius 2 is 1.07 bits per heavy atom. The minimum Gasteiger partial charge on any atom is -0.289 e. The Balaban J connectivity index is 2.67. The molecule has 0 atom stereocenters. The van der Waals surface area contributed by atoms with Crippen molar-refractivity contribution in [2.45, 2.75) is 0 Å². The molecule has 0 saturated heterocycles. The zero-order valence-corrected chi connectivity index (χ0v) is 7.54. The summed E-state index contributed by atoms with van der Waals surface area (Å²) in [7, 11) is 0. The second-order valence-corrected chi connectivity index (χ2v) is 3.20. The van der Waals surface area contributed by atoms with Gasteiger partial charge >= 0.3 is 0 Å². The van der Waals surface area contributed by atoms with Crippen molar-refractivity contribution in [2.24, 2.45) is 0 Å². The van der Waals surface area contributed by atoms with Crippen LogP contribution in [0.5, 0.6) is 0 Å². The Morgan fingerprint density at radius 1 is 0.714 bits per heavy atom. The molecule has 0 N–H and O–H groups in total. The maximum atomic E-state index is 11.5. The van der Waals surface area contributed by atoms with E-state index in [0.717, 1.165) is 0 Å². The smallest absolute Gasteiger partial charge is 0.187 e. The quantitative estimate of drug-likeness (QED) is 0.574. The largest absolute Gasteiger partial charge is 0.289 e. The maximum absolute atomic E-state index is 11.5. The first kappa shape index (κ1) is 8.63. The Hall–Kier alpha value is -1.96. The fourth-order valence-electron chi connectivity index (χ4n) is 1.57. The molecular weight excluding hydrogens is 176 g/mol. The molecule has 0 unspecified atom stereocenters. The SMILES string of the molecule is C=C1C=CC(=O)C2=C1C(=O)C=CC2=C. The highest BCUT2D eigenvalue weighted by Gasteiger charge is 2.26. The van der Waals surface area contributed by atoms with E-state index >= 15 is 0 Å². The molecule has 2 heteroatoms. The summed E-state index contributed by atoms with van der Waals surface area (Å²) in [4.78, 5) is 23.0. The molecule has 68 valence electrons. The first-order valence-corrected chi connectivity index (χ1v) is 4.19. The number of ketones is 2. The van der Waals surface area contributed by atoms with Crippen LogP contribution in [0, 0.1) is 0 Å². The summed E-state index contributed by atoms with van der Waals surface area (Å²) in [6, 6.07) is 0. The van der Waals surface area contributed by atoms with Crippen LogP contribution in [0.2, 0.25) is 0 Å². The number of hydrogen-bond acceptors (Lipinski definition) is 2. The molecule has 0 bridgehead atoms. The van der Waals surface area contributed by atoms with Crippen LogP contribution >= 0.6 is 0 Å². The molecule has 0 saturated carbocycles. The van der Waals surface area contributed by atoms with E-state index in [9.17, 15) is 9.59 Å². The van der Waals surface area contributed by atoms with Crippen LogP contribution in [0.3, 0.4) is 0 Å². The van der Waals surface area contributed by atoms with Gasteiger partial charge in [0.05, 0.1) is 0 Å². The van der Waals surface area contributed by atoms with Crippen LogP contribution in [-0.4, -0.2) is 11.6 Å². The number of rotatable bonds is 0. The van der Waals surface area contributed by atoms with Gasteiger partial charge in [-0.3, -0.25) is 9.59 Å². The van der Waals surface area contributed by atoms with Crippen molar-refractivity contribution in [2.75, 3.05) is 0 Å². The Labute approximate surface area is 81.6 Å². The van der Waals surface area contributed by atoms with Gasteiger partial charge in [-0.25, -0.2) is 0 Å². The van der Waals surface area contributed by atoms with Crippen LogP contribution < -0.4 is 0 Å². The third-order valence-electron chi connectivity index (χ3n) is 2.26. The molecule has 2 rings (SSSR count). The summed E-state index contributed by atoms with van der Waals surface area (Å²) >= 11 is 0. The van der Waals surface area contributed by atoms with Crippen LogP contribution in [0.1, 0.15) is 0 Å². The molecule has 14 heavy (non-hydrogen) atoms. The van der Waals surface area contributed by atoms with E-state index in [1.807, 2.05) is 0 Å². The Morgan fingerprint density at radius 3 is 1.43 bits per heavy atom. The lowest BCUT2D eigenvalue weighted by molar-refractivity contribution is -0.113. The van der Waals surface area contributed by atoms with Gasteiger partial charge in [-0.05, 0) is 23.3 Å². The molecule has 0 aromatic carbocycles. The first-order valence-electron chi connectivity index (χ1n) is 4.19. The van der Waals surface area contributed by atoms with E-state index in [1.165, 1.54) is 12.2 Å². The zero-order valence-electron chi connectivity index (χ0n) is 7.54. The molecule has 0 fully saturated rings. The van der Waals surface area contributed by atoms with Crippen molar-refractivity contribution in [3.8, 4) is 0 Å². The molecule has 0 heterocycles. The molecule has 0 aromatic rings. The van der Waals surface area contributed by atoms with Gasteiger partial charge in [0.1, 0.15) is 0 Å². The normalized spacial score (nSPS) is 20.6. The molecular formula is C12H8O2. The third kappa shape index (κ3) is 1.04. The van der Waals surface area contributed by atoms with Crippen molar-refractivity contribution < 1.29 is 9.59 Å². The zero-order chi connectivity index (χ0) is 10.3. The lowest BCUT2D eigenvalue weighted by Crippen LogP contribution is -2.17. The maximum Gasteiger partial charge on any atom is 0.187 e. The van der Waals surface area contributed by atoms with Gasteiger partial charge in [-0.2, -0.15) is 0 Å². The van der Waals surface area contributed by atoms with Crippen molar-refractivity contribution in [3.63, 3.8) is 0 Å². The Kier molecular flexibility index (Phi) is 1.71. The van der Waals surface area contributed by atoms with Crippen LogP contribution in [0.15, 0.2) is 59.8 Å². The van der Waals surface area contributed by atoms with E-state index in [1.54, 1.807) is 12.2 Å². The second kappa shape index (κ2) is 2.77. The average Bonchev–Trinajstić information content (AvgIpc) is 2.16. The molecule has 2 nitrogen and oxygen atoms in total. The predicted molar refractivity (Wildman–Crippen MR) is 53.6 cm³/mol. The van der Waals surface area contributed by atoms with Gasteiger partial charge in [-0.1, -0.05) is 25.3 Å². The van der Waals surface area contributed by atoms with E-state index in [4.69, 9.17) is 0 Å². The topological polar surface area (TPSA) is 34.1 Å². The molecule has 0 aliphatic heterocycles. The summed E-state index contributed by atoms with van der Waals surface area (Å²) in [5.74, 6) is -0.342. The van der Waals surface area contributed by atoms with Crippen LogP contribution in [0.25, 0.3) is 0 Å². The molecule has 0 aromatic heterocycles. The highest BCUT2D eigenvalue weighted by molar-refractivity contribution is 6.22.